The van der Waals surface area contributed by atoms with Crippen molar-refractivity contribution in [3.8, 4) is 22.6 Å². The van der Waals surface area contributed by atoms with Gasteiger partial charge in [0, 0.05) is 46.8 Å². The monoisotopic (exact) mass is 502 g/mol. The van der Waals surface area contributed by atoms with Gasteiger partial charge < -0.3 is 19.9 Å². The lowest BCUT2D eigenvalue weighted by Crippen LogP contribution is -2.07. The first-order chi connectivity index (χ1) is 17.5. The summed E-state index contributed by atoms with van der Waals surface area (Å²) in [6.45, 7) is 0.952. The molecule has 0 radical (unpaired) electrons. The number of nitrogens with one attached hydrogen (secondary N) is 1. The van der Waals surface area contributed by atoms with Crippen LogP contribution in [0.25, 0.3) is 11.1 Å². The Bertz CT molecular complexity index is 1310. The van der Waals surface area contributed by atoms with Crippen molar-refractivity contribution in [2.45, 2.75) is 19.4 Å². The van der Waals surface area contributed by atoms with Gasteiger partial charge in [-0.3, -0.25) is 4.98 Å². The molecule has 2 N–H and O–H groups in total. The number of aryl methyl sites for hydroxylation is 1. The van der Waals surface area contributed by atoms with Crippen LogP contribution in [0.4, 0.5) is 5.69 Å². The van der Waals surface area contributed by atoms with E-state index in [1.54, 1.807) is 43.8 Å². The van der Waals surface area contributed by atoms with Crippen LogP contribution in [0.15, 0.2) is 85.2 Å². The van der Waals surface area contributed by atoms with Gasteiger partial charge in [-0.1, -0.05) is 35.9 Å². The Morgan fingerprint density at radius 3 is 2.58 bits per heavy atom. The lowest BCUT2D eigenvalue weighted by atomic mass is 9.96. The van der Waals surface area contributed by atoms with Gasteiger partial charge in [-0.2, -0.15) is 0 Å². The number of hydrogen-bond donors (Lipinski definition) is 2. The van der Waals surface area contributed by atoms with Crippen molar-refractivity contribution < 1.29 is 19.4 Å². The number of carbonyl (C=O) groups is 1. The number of anilines is 1. The zero-order valence-corrected chi connectivity index (χ0v) is 20.7. The second-order valence-electron chi connectivity index (χ2n) is 8.19. The average Bonchev–Trinajstić information content (AvgIpc) is 2.91. The van der Waals surface area contributed by atoms with Crippen LogP contribution >= 0.6 is 11.6 Å². The molecule has 0 unspecified atom stereocenters. The van der Waals surface area contributed by atoms with Crippen molar-refractivity contribution in [2.24, 2.45) is 0 Å². The number of methoxy groups -OCH3 is 1. The summed E-state index contributed by atoms with van der Waals surface area (Å²) in [5, 5.41) is 14.1. The molecule has 184 valence electrons. The summed E-state index contributed by atoms with van der Waals surface area (Å²) in [6, 6.07) is 22.2. The molecular weight excluding hydrogens is 476 g/mol. The van der Waals surface area contributed by atoms with Crippen LogP contribution in [-0.2, 0) is 13.0 Å². The van der Waals surface area contributed by atoms with Gasteiger partial charge in [0.05, 0.1) is 19.3 Å². The zero-order chi connectivity index (χ0) is 25.3. The molecule has 7 heteroatoms. The molecule has 0 bridgehead atoms. The smallest absolute Gasteiger partial charge is 0.336 e. The summed E-state index contributed by atoms with van der Waals surface area (Å²) in [5.41, 5.74) is 4.26. The molecule has 1 heterocycles. The minimum atomic E-state index is -1.01. The Labute approximate surface area is 215 Å². The summed E-state index contributed by atoms with van der Waals surface area (Å²) in [4.78, 5) is 16.3. The number of carboxylic acids is 1. The molecule has 4 rings (SSSR count). The van der Waals surface area contributed by atoms with E-state index in [1.807, 2.05) is 48.5 Å². The first-order valence-corrected chi connectivity index (χ1v) is 12.0. The number of ether oxygens (including phenoxy) is 2. The van der Waals surface area contributed by atoms with Gasteiger partial charge in [0.15, 0.2) is 0 Å². The molecule has 4 aromatic rings. The van der Waals surface area contributed by atoms with Gasteiger partial charge in [0.1, 0.15) is 11.5 Å². The number of pyridine rings is 1. The maximum Gasteiger partial charge on any atom is 0.336 e. The molecular formula is C29H27ClN2O4. The van der Waals surface area contributed by atoms with Gasteiger partial charge >= 0.3 is 5.97 Å². The van der Waals surface area contributed by atoms with Crippen molar-refractivity contribution in [2.75, 3.05) is 19.0 Å². The van der Waals surface area contributed by atoms with Gasteiger partial charge in [0.25, 0.3) is 0 Å². The molecule has 0 spiro atoms. The highest BCUT2D eigenvalue weighted by Gasteiger charge is 2.20. The number of benzene rings is 3. The van der Waals surface area contributed by atoms with Crippen molar-refractivity contribution in [1.82, 2.24) is 4.98 Å². The van der Waals surface area contributed by atoms with E-state index < -0.39 is 5.97 Å². The molecule has 0 fully saturated rings. The van der Waals surface area contributed by atoms with E-state index in [2.05, 4.69) is 10.3 Å². The predicted molar refractivity (Wildman–Crippen MR) is 142 cm³/mol. The van der Waals surface area contributed by atoms with E-state index in [0.717, 1.165) is 18.4 Å². The van der Waals surface area contributed by atoms with Crippen LogP contribution < -0.4 is 14.8 Å². The van der Waals surface area contributed by atoms with E-state index in [-0.39, 0.29) is 5.56 Å². The first kappa shape index (κ1) is 25.1. The van der Waals surface area contributed by atoms with Gasteiger partial charge in [-0.05, 0) is 66.4 Å². The van der Waals surface area contributed by atoms with Crippen molar-refractivity contribution >= 4 is 23.3 Å². The minimum absolute atomic E-state index is 0.183. The molecule has 0 aliphatic heterocycles. The third kappa shape index (κ3) is 6.34. The standard InChI is InChI=1S/C29H27ClN2O4/c1-35-23-13-14-24(27(17-23)36-16-4-6-20-9-11-22(30)12-10-20)28-25(29(33)34)7-2-8-26(28)32-19-21-5-3-15-31-18-21/h2-3,5,7-15,17-18,32H,4,6,16,19H2,1H3,(H,33,34). The maximum atomic E-state index is 12.2. The number of aromatic nitrogens is 1. The number of nitrogens with zero attached hydrogens (tertiary/aromatic N) is 1. The maximum absolute atomic E-state index is 12.2. The number of carboxylic acid groups (broad SMARTS) is 1. The fourth-order valence-electron chi connectivity index (χ4n) is 3.93. The molecule has 0 aliphatic carbocycles. The van der Waals surface area contributed by atoms with Crippen LogP contribution in [-0.4, -0.2) is 29.8 Å². The SMILES string of the molecule is COc1ccc(-c2c(NCc3cccnc3)cccc2C(=O)O)c(OCCCc2ccc(Cl)cc2)c1. The molecule has 0 atom stereocenters. The van der Waals surface area contributed by atoms with E-state index in [4.69, 9.17) is 21.1 Å². The zero-order valence-electron chi connectivity index (χ0n) is 19.9. The van der Waals surface area contributed by atoms with Crippen molar-refractivity contribution in [1.29, 1.82) is 0 Å². The van der Waals surface area contributed by atoms with Gasteiger partial charge in [-0.15, -0.1) is 0 Å². The Kier molecular flexibility index (Phi) is 8.42. The normalized spacial score (nSPS) is 10.6. The topological polar surface area (TPSA) is 80.7 Å². The summed E-state index contributed by atoms with van der Waals surface area (Å²) >= 11 is 5.98. The summed E-state index contributed by atoms with van der Waals surface area (Å²) in [7, 11) is 1.59. The van der Waals surface area contributed by atoms with E-state index in [9.17, 15) is 9.90 Å². The second kappa shape index (κ2) is 12.1. The highest BCUT2D eigenvalue weighted by atomic mass is 35.5. The second-order valence-corrected chi connectivity index (χ2v) is 8.63. The molecule has 0 amide bonds. The highest BCUT2D eigenvalue weighted by Crippen LogP contribution is 2.40. The third-order valence-electron chi connectivity index (χ3n) is 5.74. The molecule has 0 aliphatic rings. The first-order valence-electron chi connectivity index (χ1n) is 11.6. The van der Waals surface area contributed by atoms with Crippen LogP contribution in [0, 0.1) is 0 Å². The molecule has 6 nitrogen and oxygen atoms in total. The van der Waals surface area contributed by atoms with Crippen molar-refractivity contribution in [3.63, 3.8) is 0 Å². The van der Waals surface area contributed by atoms with Crippen LogP contribution in [0.5, 0.6) is 11.5 Å². The summed E-state index contributed by atoms with van der Waals surface area (Å²) in [6.07, 6.45) is 5.11. The summed E-state index contributed by atoms with van der Waals surface area (Å²) in [5.74, 6) is 0.173. The Hall–Kier alpha value is -4.03. The fourth-order valence-corrected chi connectivity index (χ4v) is 4.06. The lowest BCUT2D eigenvalue weighted by molar-refractivity contribution is 0.0697. The average molecular weight is 503 g/mol. The van der Waals surface area contributed by atoms with E-state index in [1.165, 1.54) is 5.56 Å². The van der Waals surface area contributed by atoms with E-state index in [0.29, 0.717) is 46.5 Å². The molecule has 0 saturated heterocycles. The Morgan fingerprint density at radius 1 is 1.03 bits per heavy atom. The quantitative estimate of drug-likeness (QED) is 0.221. The summed E-state index contributed by atoms with van der Waals surface area (Å²) < 4.78 is 11.6. The van der Waals surface area contributed by atoms with E-state index >= 15 is 0 Å². The minimum Gasteiger partial charge on any atom is -0.497 e. The highest BCUT2D eigenvalue weighted by molar-refractivity contribution is 6.30. The number of hydrogen-bond acceptors (Lipinski definition) is 5. The fraction of sp³-hybridized carbons (Fsp3) is 0.172. The molecule has 0 saturated carbocycles. The third-order valence-corrected chi connectivity index (χ3v) is 5.99. The van der Waals surface area contributed by atoms with Crippen LogP contribution in [0.1, 0.15) is 27.9 Å². The number of rotatable bonds is 11. The Morgan fingerprint density at radius 2 is 1.86 bits per heavy atom. The van der Waals surface area contributed by atoms with Crippen LogP contribution in [0.2, 0.25) is 5.02 Å². The number of halogens is 1. The molecule has 36 heavy (non-hydrogen) atoms. The number of aromatic carboxylic acids is 1. The molecule has 1 aromatic heterocycles. The Balaban J connectivity index is 1.61. The van der Waals surface area contributed by atoms with Crippen molar-refractivity contribution in [3.05, 3.63) is 107 Å². The van der Waals surface area contributed by atoms with Gasteiger partial charge in [0.2, 0.25) is 0 Å². The molecule has 3 aromatic carbocycles. The lowest BCUT2D eigenvalue weighted by Gasteiger charge is -2.19. The van der Waals surface area contributed by atoms with Crippen LogP contribution in [0.3, 0.4) is 0 Å². The largest absolute Gasteiger partial charge is 0.497 e. The predicted octanol–water partition coefficient (Wildman–Crippen LogP) is 6.73. The van der Waals surface area contributed by atoms with Gasteiger partial charge in [-0.25, -0.2) is 4.79 Å².